The highest BCUT2D eigenvalue weighted by molar-refractivity contribution is 6.33. The van der Waals surface area contributed by atoms with E-state index in [1.54, 1.807) is 18.6 Å². The Bertz CT molecular complexity index is 1970. The fourth-order valence-electron chi connectivity index (χ4n) is 6.45. The van der Waals surface area contributed by atoms with E-state index < -0.39 is 35.2 Å². The summed E-state index contributed by atoms with van der Waals surface area (Å²) in [6.45, 7) is 5.02. The first-order valence-corrected chi connectivity index (χ1v) is 16.3. The molecular formula is C31H35ClF3N9O6. The number of hydrogen-bond donors (Lipinski definition) is 2. The van der Waals surface area contributed by atoms with Crippen LogP contribution >= 0.6 is 11.6 Å². The number of carbonyl (C=O) groups excluding carboxylic acids is 2. The van der Waals surface area contributed by atoms with E-state index in [1.165, 1.54) is 4.90 Å². The van der Waals surface area contributed by atoms with E-state index in [1.807, 2.05) is 16.7 Å². The second kappa shape index (κ2) is 13.8. The Hall–Kier alpha value is -4.84. The maximum atomic E-state index is 14.3. The lowest BCUT2D eigenvalue weighted by Gasteiger charge is -2.41. The molecule has 19 heteroatoms. The number of halogens is 4. The van der Waals surface area contributed by atoms with Gasteiger partial charge in [0.15, 0.2) is 12.0 Å². The van der Waals surface area contributed by atoms with Crippen molar-refractivity contribution in [1.82, 2.24) is 29.2 Å². The fraction of sp³-hybridized carbons (Fsp3) is 0.484. The Labute approximate surface area is 288 Å². The average Bonchev–Trinajstić information content (AvgIpc) is 3.73. The number of amides is 2. The number of hydrogen-bond acceptors (Lipinski definition) is 11. The summed E-state index contributed by atoms with van der Waals surface area (Å²) in [6, 6.07) is 2.20. The van der Waals surface area contributed by atoms with E-state index in [0.717, 1.165) is 41.8 Å². The van der Waals surface area contributed by atoms with Crippen molar-refractivity contribution in [1.29, 1.82) is 0 Å². The quantitative estimate of drug-likeness (QED) is 0.274. The number of aromatic nitrogens is 5. The fourth-order valence-corrected chi connectivity index (χ4v) is 6.68. The molecule has 50 heavy (non-hydrogen) atoms. The number of alkyl halides is 3. The average molecular weight is 722 g/mol. The van der Waals surface area contributed by atoms with Crippen LogP contribution in [-0.2, 0) is 28.7 Å². The van der Waals surface area contributed by atoms with Crippen LogP contribution in [0.15, 0.2) is 33.8 Å². The van der Waals surface area contributed by atoms with Crippen molar-refractivity contribution in [3.8, 4) is 5.75 Å². The Morgan fingerprint density at radius 1 is 1.16 bits per heavy atom. The molecule has 2 aliphatic heterocycles. The number of ether oxygens (including phenoxy) is 1. The summed E-state index contributed by atoms with van der Waals surface area (Å²) in [5.41, 5.74) is -0.929. The van der Waals surface area contributed by atoms with E-state index in [-0.39, 0.29) is 72.3 Å². The van der Waals surface area contributed by atoms with Crippen molar-refractivity contribution in [2.75, 3.05) is 55.0 Å². The van der Waals surface area contributed by atoms with Crippen molar-refractivity contribution >= 4 is 46.5 Å². The molecule has 0 aliphatic carbocycles. The van der Waals surface area contributed by atoms with E-state index in [0.29, 0.717) is 24.7 Å². The molecule has 2 N–H and O–H groups in total. The van der Waals surface area contributed by atoms with Crippen LogP contribution in [-0.4, -0.2) is 98.1 Å². The molecule has 268 valence electrons. The van der Waals surface area contributed by atoms with Gasteiger partial charge in [0.25, 0.3) is 11.5 Å². The first-order chi connectivity index (χ1) is 23.8. The molecule has 6 rings (SSSR count). The molecule has 2 saturated heterocycles. The maximum absolute atomic E-state index is 14.3. The number of benzene rings is 1. The Kier molecular flexibility index (Phi) is 9.67. The second-order valence-corrected chi connectivity index (χ2v) is 12.6. The van der Waals surface area contributed by atoms with Gasteiger partial charge in [0.05, 0.1) is 28.1 Å². The molecule has 2 aliphatic rings. The van der Waals surface area contributed by atoms with Crippen molar-refractivity contribution < 1.29 is 37.1 Å². The highest BCUT2D eigenvalue weighted by atomic mass is 35.5. The zero-order valence-corrected chi connectivity index (χ0v) is 28.2. The molecule has 4 aromatic rings. The molecule has 0 radical (unpaired) electrons. The smallest absolute Gasteiger partial charge is 0.416 e. The number of nitrogens with zero attached hydrogens (tertiary/aromatic N) is 8. The van der Waals surface area contributed by atoms with Gasteiger partial charge in [-0.2, -0.15) is 22.7 Å². The monoisotopic (exact) mass is 721 g/mol. The predicted octanol–water partition coefficient (Wildman–Crippen LogP) is 3.42. The lowest BCUT2D eigenvalue weighted by atomic mass is 10.1. The normalized spacial score (nSPS) is 17.5. The van der Waals surface area contributed by atoms with E-state index in [2.05, 4.69) is 15.6 Å². The molecule has 0 bridgehead atoms. The first kappa shape index (κ1) is 35.0. The minimum absolute atomic E-state index is 0.0177. The van der Waals surface area contributed by atoms with Crippen molar-refractivity contribution in [3.63, 3.8) is 0 Å². The number of fused-ring (bicyclic) bond motifs is 1. The number of piperidine rings is 1. The second-order valence-electron chi connectivity index (χ2n) is 12.2. The SMILES string of the molecule is CCc1c(N2CCN(C(=O)c3nocc3O)[C@H](C)C2)c(=O)n2nc(N3CCC(OC)CC3)nc2n1CC(=O)Nc1ccc(C(F)(F)F)cc1Cl. The molecule has 1 atom stereocenters. The van der Waals surface area contributed by atoms with Gasteiger partial charge in [-0.3, -0.25) is 14.4 Å². The Balaban J connectivity index is 1.36. The van der Waals surface area contributed by atoms with Gasteiger partial charge in [-0.15, -0.1) is 5.10 Å². The maximum Gasteiger partial charge on any atom is 0.416 e. The standard InChI is InChI=1S/C31H35ClF3N9O6/c1-4-22-26(41-11-12-42(17(2)14-41)27(47)25-23(45)16-50-39-25)28(48)44-30(37-29(38-44)40-9-7-19(49-3)8-10-40)43(22)15-24(46)36-21-6-5-18(13-20(21)32)31(33,34)35/h5-6,13,16-17,19,45H,4,7-12,14-15H2,1-3H3,(H,36,46)/t17-/m1/s1. The third-order valence-electron chi connectivity index (χ3n) is 9.04. The van der Waals surface area contributed by atoms with Gasteiger partial charge in [-0.05, 0) is 44.4 Å². The van der Waals surface area contributed by atoms with E-state index in [9.17, 15) is 32.7 Å². The highest BCUT2D eigenvalue weighted by Gasteiger charge is 2.35. The number of piperazine rings is 1. The minimum atomic E-state index is -4.61. The van der Waals surface area contributed by atoms with Crippen LogP contribution in [0.3, 0.4) is 0 Å². The van der Waals surface area contributed by atoms with Gasteiger partial charge in [0, 0.05) is 45.9 Å². The molecule has 1 aromatic carbocycles. The van der Waals surface area contributed by atoms with Crippen molar-refractivity contribution in [3.05, 3.63) is 56.8 Å². The first-order valence-electron chi connectivity index (χ1n) is 16.0. The van der Waals surface area contributed by atoms with Crippen LogP contribution in [0.2, 0.25) is 5.02 Å². The van der Waals surface area contributed by atoms with Crippen molar-refractivity contribution in [2.24, 2.45) is 0 Å². The third-order valence-corrected chi connectivity index (χ3v) is 9.35. The van der Waals surface area contributed by atoms with Gasteiger partial charge in [0.1, 0.15) is 12.2 Å². The molecule has 0 spiro atoms. The molecule has 5 heterocycles. The number of rotatable bonds is 8. The Morgan fingerprint density at radius 2 is 1.90 bits per heavy atom. The topological polar surface area (TPSA) is 164 Å². The zero-order valence-electron chi connectivity index (χ0n) is 27.4. The van der Waals surface area contributed by atoms with Crippen LogP contribution in [0.4, 0.5) is 30.5 Å². The van der Waals surface area contributed by atoms with Crippen LogP contribution < -0.4 is 20.7 Å². The summed E-state index contributed by atoms with van der Waals surface area (Å²) in [4.78, 5) is 50.9. The molecule has 0 saturated carbocycles. The summed E-state index contributed by atoms with van der Waals surface area (Å²) in [6.07, 6.45) is -1.82. The molecule has 15 nitrogen and oxygen atoms in total. The van der Waals surface area contributed by atoms with Crippen LogP contribution in [0.1, 0.15) is 48.4 Å². The summed E-state index contributed by atoms with van der Waals surface area (Å²) in [5.74, 6) is -1.12. The predicted molar refractivity (Wildman–Crippen MR) is 175 cm³/mol. The van der Waals surface area contributed by atoms with Crippen LogP contribution in [0.25, 0.3) is 5.78 Å². The highest BCUT2D eigenvalue weighted by Crippen LogP contribution is 2.34. The van der Waals surface area contributed by atoms with Gasteiger partial charge in [-0.1, -0.05) is 23.7 Å². The molecular weight excluding hydrogens is 687 g/mol. The number of anilines is 3. The minimum Gasteiger partial charge on any atom is -0.503 e. The third kappa shape index (κ3) is 6.68. The number of nitrogens with one attached hydrogen (secondary N) is 1. The summed E-state index contributed by atoms with van der Waals surface area (Å²) < 4.78 is 52.5. The Morgan fingerprint density at radius 3 is 2.50 bits per heavy atom. The van der Waals surface area contributed by atoms with Gasteiger partial charge in [0.2, 0.25) is 23.3 Å². The van der Waals surface area contributed by atoms with E-state index >= 15 is 0 Å². The van der Waals surface area contributed by atoms with Gasteiger partial charge >= 0.3 is 6.18 Å². The van der Waals surface area contributed by atoms with Crippen molar-refractivity contribution in [2.45, 2.75) is 58.0 Å². The lowest BCUT2D eigenvalue weighted by molar-refractivity contribution is -0.137. The largest absolute Gasteiger partial charge is 0.503 e. The lowest BCUT2D eigenvalue weighted by Crippen LogP contribution is -2.55. The van der Waals surface area contributed by atoms with Crippen LogP contribution in [0.5, 0.6) is 5.75 Å². The summed E-state index contributed by atoms with van der Waals surface area (Å²) in [5, 5.41) is 20.5. The number of aromatic hydroxyl groups is 1. The number of carbonyl (C=O) groups is 2. The molecule has 2 amide bonds. The zero-order chi connectivity index (χ0) is 35.9. The summed E-state index contributed by atoms with van der Waals surface area (Å²) >= 11 is 6.12. The molecule has 0 unspecified atom stereocenters. The van der Waals surface area contributed by atoms with Gasteiger partial charge in [-0.25, -0.2) is 0 Å². The van der Waals surface area contributed by atoms with E-state index in [4.69, 9.17) is 25.8 Å². The summed E-state index contributed by atoms with van der Waals surface area (Å²) in [7, 11) is 1.65. The van der Waals surface area contributed by atoms with Crippen LogP contribution in [0, 0.1) is 0 Å². The molecule has 2 fully saturated rings. The molecule has 3 aromatic heterocycles. The number of methoxy groups -OCH3 is 1. The van der Waals surface area contributed by atoms with Gasteiger partial charge < -0.3 is 39.0 Å².